The molecular formula is C28H44N2O9S. The van der Waals surface area contributed by atoms with E-state index in [9.17, 15) is 32.7 Å². The Bertz CT molecular complexity index is 1110. The van der Waals surface area contributed by atoms with Crippen molar-refractivity contribution in [2.24, 2.45) is 22.7 Å². The molecule has 1 heterocycles. The quantitative estimate of drug-likeness (QED) is 0.329. The number of esters is 1. The topological polar surface area (TPSA) is 156 Å². The first kappa shape index (κ1) is 30.9. The summed E-state index contributed by atoms with van der Waals surface area (Å²) in [5.74, 6) is -2.99. The molecule has 1 aliphatic heterocycles. The predicted molar refractivity (Wildman–Crippen MR) is 144 cm³/mol. The molecular weight excluding hydrogens is 540 g/mol. The lowest BCUT2D eigenvalue weighted by Gasteiger charge is -2.35. The third kappa shape index (κ3) is 7.23. The lowest BCUT2D eigenvalue weighted by Crippen LogP contribution is -2.48. The molecule has 12 heteroatoms. The molecule has 40 heavy (non-hydrogen) atoms. The number of carbonyl (C=O) groups is 4. The maximum Gasteiger partial charge on any atom is 0.362 e. The van der Waals surface area contributed by atoms with Crippen molar-refractivity contribution in [3.05, 3.63) is 0 Å². The first-order valence-corrected chi connectivity index (χ1v) is 16.0. The number of nitrogens with zero attached hydrogens (tertiary/aromatic N) is 1. The number of β-amino-alcohol motifs (C(OH)–C–C–N with tert-alkyl or cyclic N) is 1. The molecule has 2 amide bonds. The van der Waals surface area contributed by atoms with Gasteiger partial charge in [-0.2, -0.15) is 8.42 Å². The second kappa shape index (κ2) is 11.7. The fourth-order valence-electron chi connectivity index (χ4n) is 6.24. The minimum Gasteiger partial charge on any atom is -0.462 e. The Morgan fingerprint density at radius 3 is 2.27 bits per heavy atom. The molecule has 5 atom stereocenters. The van der Waals surface area contributed by atoms with Crippen LogP contribution in [0, 0.1) is 22.7 Å². The molecule has 0 aromatic rings. The monoisotopic (exact) mass is 584 g/mol. The van der Waals surface area contributed by atoms with Gasteiger partial charge in [0.05, 0.1) is 36.0 Å². The van der Waals surface area contributed by atoms with E-state index >= 15 is 0 Å². The van der Waals surface area contributed by atoms with Crippen molar-refractivity contribution in [3.63, 3.8) is 0 Å². The fraction of sp³-hybridized carbons (Fsp3) is 0.857. The number of hydrogen-bond acceptors (Lipinski definition) is 9. The summed E-state index contributed by atoms with van der Waals surface area (Å²) < 4.78 is 37.1. The largest absolute Gasteiger partial charge is 0.462 e. The van der Waals surface area contributed by atoms with E-state index in [4.69, 9.17) is 8.92 Å². The Balaban J connectivity index is 1.46. The van der Waals surface area contributed by atoms with Crippen molar-refractivity contribution < 1.29 is 41.6 Å². The van der Waals surface area contributed by atoms with E-state index in [0.717, 1.165) is 25.7 Å². The van der Waals surface area contributed by atoms with Gasteiger partial charge in [0.1, 0.15) is 6.10 Å². The molecule has 11 nitrogen and oxygen atoms in total. The van der Waals surface area contributed by atoms with Gasteiger partial charge in [0.25, 0.3) is 0 Å². The number of aliphatic hydroxyl groups excluding tert-OH is 1. The molecule has 0 spiro atoms. The third-order valence-corrected chi connectivity index (χ3v) is 9.88. The molecule has 4 rings (SSSR count). The summed E-state index contributed by atoms with van der Waals surface area (Å²) >= 11 is 0. The SMILES string of the molecule is CC[C@@H]1C[C@]1(CC(=O)[C@@H]1C[C@@H](O)CN1C(=O)[C@@H](CC(=O)OC1CCCC1)C(C)(C)C)C(=O)NS(=O)(=O)OC1CC1. The van der Waals surface area contributed by atoms with E-state index in [0.29, 0.717) is 25.7 Å². The molecule has 4 aliphatic rings. The van der Waals surface area contributed by atoms with Crippen LogP contribution in [0.15, 0.2) is 0 Å². The van der Waals surface area contributed by atoms with E-state index < -0.39 is 68.9 Å². The van der Waals surface area contributed by atoms with Gasteiger partial charge in [0.2, 0.25) is 11.8 Å². The highest BCUT2D eigenvalue weighted by molar-refractivity contribution is 7.85. The second-order valence-electron chi connectivity index (χ2n) is 13.2. The Morgan fingerprint density at radius 2 is 1.73 bits per heavy atom. The van der Waals surface area contributed by atoms with Gasteiger partial charge in [-0.15, -0.1) is 0 Å². The number of ether oxygens (including phenoxy) is 1. The van der Waals surface area contributed by atoms with E-state index in [1.165, 1.54) is 4.90 Å². The average Bonchev–Trinajstić information content (AvgIpc) is 3.68. The zero-order valence-corrected chi connectivity index (χ0v) is 24.8. The van der Waals surface area contributed by atoms with E-state index in [1.54, 1.807) is 0 Å². The Labute approximate surface area is 237 Å². The summed E-state index contributed by atoms with van der Waals surface area (Å²) in [7, 11) is -4.29. The first-order valence-electron chi connectivity index (χ1n) is 14.6. The van der Waals surface area contributed by atoms with Crippen molar-refractivity contribution in [1.82, 2.24) is 9.62 Å². The third-order valence-electron chi connectivity index (χ3n) is 8.92. The number of ketones is 1. The summed E-state index contributed by atoms with van der Waals surface area (Å²) in [5.41, 5.74) is -1.82. The van der Waals surface area contributed by atoms with Crippen LogP contribution in [0.4, 0.5) is 0 Å². The molecule has 4 fully saturated rings. The van der Waals surface area contributed by atoms with Gasteiger partial charge in [-0.3, -0.25) is 23.4 Å². The highest BCUT2D eigenvalue weighted by Gasteiger charge is 2.61. The van der Waals surface area contributed by atoms with Crippen LogP contribution in [0.1, 0.15) is 98.3 Å². The van der Waals surface area contributed by atoms with Crippen LogP contribution in [0.2, 0.25) is 0 Å². The number of hydrogen-bond donors (Lipinski definition) is 2. The predicted octanol–water partition coefficient (Wildman–Crippen LogP) is 2.40. The summed E-state index contributed by atoms with van der Waals surface area (Å²) in [5, 5.41) is 10.5. The Kier molecular flexibility index (Phi) is 9.02. The van der Waals surface area contributed by atoms with Crippen molar-refractivity contribution >= 4 is 33.9 Å². The zero-order chi connectivity index (χ0) is 29.5. The maximum atomic E-state index is 13.8. The molecule has 0 bridgehead atoms. The number of rotatable bonds is 12. The molecule has 2 N–H and O–H groups in total. The number of aliphatic hydroxyl groups is 1. The van der Waals surface area contributed by atoms with Crippen LogP contribution in [0.3, 0.4) is 0 Å². The van der Waals surface area contributed by atoms with Gasteiger partial charge in [0.15, 0.2) is 5.78 Å². The van der Waals surface area contributed by atoms with Crippen LogP contribution < -0.4 is 4.72 Å². The number of amides is 2. The molecule has 226 valence electrons. The van der Waals surface area contributed by atoms with Crippen LogP contribution in [-0.4, -0.2) is 72.9 Å². The molecule has 0 radical (unpaired) electrons. The lowest BCUT2D eigenvalue weighted by atomic mass is 9.77. The molecule has 0 aromatic heterocycles. The number of nitrogens with one attached hydrogen (secondary N) is 1. The van der Waals surface area contributed by atoms with E-state index in [1.807, 2.05) is 32.4 Å². The van der Waals surface area contributed by atoms with Crippen LogP contribution in [0.25, 0.3) is 0 Å². The minimum absolute atomic E-state index is 0.0194. The standard InChI is InChI=1S/C28H44N2O9S/c1-5-17-14-28(17,26(35)29-40(36,37)39-20-10-11-20)15-23(32)22-12-18(31)16-30(22)25(34)21(27(2,3)4)13-24(33)38-19-8-6-7-9-19/h17-22,31H,5-16H2,1-4H3,(H,29,35)/t17-,18-,21-,22+,28-/m1/s1. The molecule has 0 aromatic carbocycles. The fourth-order valence-corrected chi connectivity index (χ4v) is 7.26. The smallest absolute Gasteiger partial charge is 0.362 e. The van der Waals surface area contributed by atoms with Crippen molar-refractivity contribution in [3.8, 4) is 0 Å². The van der Waals surface area contributed by atoms with E-state index in [-0.39, 0.29) is 37.8 Å². The number of Topliss-reactive ketones (excluding diaryl/α,β-unsaturated/α-hetero) is 1. The van der Waals surface area contributed by atoms with Gasteiger partial charge in [-0.1, -0.05) is 34.1 Å². The lowest BCUT2D eigenvalue weighted by molar-refractivity contribution is -0.156. The summed E-state index contributed by atoms with van der Waals surface area (Å²) in [6, 6.07) is -0.972. The van der Waals surface area contributed by atoms with Crippen LogP contribution in [-0.2, 0) is 38.4 Å². The Hall–Kier alpha value is -2.05. The number of likely N-dealkylation sites (tertiary alicyclic amines) is 1. The normalized spacial score (nSPS) is 29.7. The average molecular weight is 585 g/mol. The van der Waals surface area contributed by atoms with Gasteiger partial charge in [-0.05, 0) is 56.3 Å². The number of carbonyl (C=O) groups excluding carboxylic acids is 4. The minimum atomic E-state index is -4.29. The highest BCUT2D eigenvalue weighted by atomic mass is 32.2. The van der Waals surface area contributed by atoms with Crippen LogP contribution in [0.5, 0.6) is 0 Å². The molecule has 3 aliphatic carbocycles. The van der Waals surface area contributed by atoms with Gasteiger partial charge in [-0.25, -0.2) is 4.72 Å². The molecule has 0 unspecified atom stereocenters. The zero-order valence-electron chi connectivity index (χ0n) is 24.0. The first-order chi connectivity index (χ1) is 18.6. The van der Waals surface area contributed by atoms with Crippen LogP contribution >= 0.6 is 0 Å². The summed E-state index contributed by atoms with van der Waals surface area (Å²) in [6.45, 7) is 7.36. The van der Waals surface area contributed by atoms with Gasteiger partial charge in [0, 0.05) is 19.4 Å². The van der Waals surface area contributed by atoms with Crippen molar-refractivity contribution in [1.29, 1.82) is 0 Å². The van der Waals surface area contributed by atoms with Gasteiger partial charge >= 0.3 is 16.3 Å². The molecule has 1 saturated heterocycles. The summed E-state index contributed by atoms with van der Waals surface area (Å²) in [4.78, 5) is 54.7. The summed E-state index contributed by atoms with van der Waals surface area (Å²) in [6.07, 6.45) is 3.96. The van der Waals surface area contributed by atoms with E-state index in [2.05, 4.69) is 0 Å². The Morgan fingerprint density at radius 1 is 1.07 bits per heavy atom. The highest BCUT2D eigenvalue weighted by Crippen LogP contribution is 2.58. The molecule has 3 saturated carbocycles. The van der Waals surface area contributed by atoms with Crippen molar-refractivity contribution in [2.45, 2.75) is 123 Å². The van der Waals surface area contributed by atoms with Gasteiger partial charge < -0.3 is 14.7 Å². The maximum absolute atomic E-state index is 13.8. The van der Waals surface area contributed by atoms with Crippen molar-refractivity contribution in [2.75, 3.05) is 6.54 Å². The second-order valence-corrected chi connectivity index (χ2v) is 14.5.